The molecule has 0 aliphatic heterocycles. The lowest BCUT2D eigenvalue weighted by Crippen LogP contribution is -2.04. The monoisotopic (exact) mass is 272 g/mol. The third-order valence-electron chi connectivity index (χ3n) is 2.91. The smallest absolute Gasteiger partial charge is 0.129 e. The zero-order valence-corrected chi connectivity index (χ0v) is 12.3. The van der Waals surface area contributed by atoms with E-state index in [1.54, 1.807) is 0 Å². The normalized spacial score (nSPS) is 10.4. The van der Waals surface area contributed by atoms with Gasteiger partial charge in [0.1, 0.15) is 5.82 Å². The van der Waals surface area contributed by atoms with Crippen LogP contribution in [0, 0.1) is 6.92 Å². The first-order valence-electron chi connectivity index (χ1n) is 6.67. The topological polar surface area (TPSA) is 24.9 Å². The highest BCUT2D eigenvalue weighted by atomic mass is 32.2. The average Bonchev–Trinajstić information content (AvgIpc) is 2.45. The van der Waals surface area contributed by atoms with Gasteiger partial charge in [-0.15, -0.1) is 11.8 Å². The van der Waals surface area contributed by atoms with Crippen LogP contribution in [0.1, 0.15) is 24.5 Å². The molecule has 19 heavy (non-hydrogen) atoms. The molecule has 0 unspecified atom stereocenters. The quantitative estimate of drug-likeness (QED) is 0.783. The number of hydrogen-bond acceptors (Lipinski definition) is 3. The van der Waals surface area contributed by atoms with E-state index in [0.29, 0.717) is 0 Å². The van der Waals surface area contributed by atoms with Gasteiger partial charge < -0.3 is 5.32 Å². The van der Waals surface area contributed by atoms with E-state index in [4.69, 9.17) is 0 Å². The summed E-state index contributed by atoms with van der Waals surface area (Å²) in [6, 6.07) is 12.7. The van der Waals surface area contributed by atoms with Gasteiger partial charge in [-0.2, -0.15) is 0 Å². The molecule has 0 aliphatic carbocycles. The SMILES string of the molecule is CCCNc1ncccc1CSc1ccccc1C. The zero-order chi connectivity index (χ0) is 13.5. The van der Waals surface area contributed by atoms with Gasteiger partial charge in [-0.25, -0.2) is 4.98 Å². The molecule has 0 saturated heterocycles. The lowest BCUT2D eigenvalue weighted by atomic mass is 10.2. The second-order valence-corrected chi connectivity index (χ2v) is 5.51. The molecule has 0 spiro atoms. The van der Waals surface area contributed by atoms with Gasteiger partial charge in [0.2, 0.25) is 0 Å². The van der Waals surface area contributed by atoms with Gasteiger partial charge in [-0.3, -0.25) is 0 Å². The van der Waals surface area contributed by atoms with E-state index in [9.17, 15) is 0 Å². The minimum absolute atomic E-state index is 0.949. The van der Waals surface area contributed by atoms with Gasteiger partial charge in [-0.05, 0) is 31.0 Å². The fourth-order valence-electron chi connectivity index (χ4n) is 1.83. The highest BCUT2D eigenvalue weighted by molar-refractivity contribution is 7.98. The van der Waals surface area contributed by atoms with E-state index in [0.717, 1.165) is 24.5 Å². The lowest BCUT2D eigenvalue weighted by molar-refractivity contribution is 0.965. The third kappa shape index (κ3) is 4.00. The molecule has 100 valence electrons. The molecule has 0 radical (unpaired) electrons. The minimum Gasteiger partial charge on any atom is -0.370 e. The molecule has 1 aromatic carbocycles. The number of rotatable bonds is 6. The summed E-state index contributed by atoms with van der Waals surface area (Å²) in [7, 11) is 0. The van der Waals surface area contributed by atoms with Gasteiger partial charge >= 0.3 is 0 Å². The van der Waals surface area contributed by atoms with Crippen molar-refractivity contribution in [3.8, 4) is 0 Å². The van der Waals surface area contributed by atoms with Crippen LogP contribution in [0.3, 0.4) is 0 Å². The van der Waals surface area contributed by atoms with Crippen LogP contribution in [-0.4, -0.2) is 11.5 Å². The number of benzene rings is 1. The Morgan fingerprint density at radius 1 is 1.16 bits per heavy atom. The summed E-state index contributed by atoms with van der Waals surface area (Å²) in [6.07, 6.45) is 2.96. The largest absolute Gasteiger partial charge is 0.370 e. The highest BCUT2D eigenvalue weighted by Crippen LogP contribution is 2.27. The maximum Gasteiger partial charge on any atom is 0.129 e. The third-order valence-corrected chi connectivity index (χ3v) is 4.13. The number of aromatic nitrogens is 1. The lowest BCUT2D eigenvalue weighted by Gasteiger charge is -2.10. The summed E-state index contributed by atoms with van der Waals surface area (Å²) in [6.45, 7) is 5.29. The van der Waals surface area contributed by atoms with Gasteiger partial charge in [0.05, 0.1) is 0 Å². The Bertz CT molecular complexity index is 526. The maximum absolute atomic E-state index is 4.43. The van der Waals surface area contributed by atoms with Crippen molar-refractivity contribution in [2.45, 2.75) is 30.9 Å². The van der Waals surface area contributed by atoms with Crippen LogP contribution in [0.2, 0.25) is 0 Å². The van der Waals surface area contributed by atoms with Crippen LogP contribution in [0.4, 0.5) is 5.82 Å². The Morgan fingerprint density at radius 2 is 2.00 bits per heavy atom. The molecule has 0 saturated carbocycles. The number of nitrogens with zero attached hydrogens (tertiary/aromatic N) is 1. The first kappa shape index (κ1) is 13.9. The average molecular weight is 272 g/mol. The zero-order valence-electron chi connectivity index (χ0n) is 11.5. The van der Waals surface area contributed by atoms with Gasteiger partial charge in [0, 0.05) is 29.0 Å². The molecule has 0 atom stereocenters. The van der Waals surface area contributed by atoms with E-state index >= 15 is 0 Å². The van der Waals surface area contributed by atoms with Crippen molar-refractivity contribution >= 4 is 17.6 Å². The Labute approximate surface area is 119 Å². The Hall–Kier alpha value is -1.48. The molecule has 2 nitrogen and oxygen atoms in total. The van der Waals surface area contributed by atoms with Gasteiger partial charge in [0.15, 0.2) is 0 Å². The maximum atomic E-state index is 4.43. The molecule has 0 amide bonds. The summed E-state index contributed by atoms with van der Waals surface area (Å²) in [4.78, 5) is 5.77. The number of aryl methyl sites for hydroxylation is 1. The number of anilines is 1. The second kappa shape index (κ2) is 7.19. The van der Waals surface area contributed by atoms with Crippen molar-refractivity contribution in [3.05, 3.63) is 53.7 Å². The highest BCUT2D eigenvalue weighted by Gasteiger charge is 2.04. The molecule has 0 bridgehead atoms. The summed E-state index contributed by atoms with van der Waals surface area (Å²) in [5.74, 6) is 1.97. The van der Waals surface area contributed by atoms with Gasteiger partial charge in [0.25, 0.3) is 0 Å². The summed E-state index contributed by atoms with van der Waals surface area (Å²) in [5.41, 5.74) is 2.60. The van der Waals surface area contributed by atoms with E-state index in [1.807, 2.05) is 24.0 Å². The molecule has 0 fully saturated rings. The fraction of sp³-hybridized carbons (Fsp3) is 0.312. The van der Waals surface area contributed by atoms with Crippen LogP contribution in [0.5, 0.6) is 0 Å². The standard InChI is InChI=1S/C16H20N2S/c1-3-10-17-16-14(8-6-11-18-16)12-19-15-9-5-4-7-13(15)2/h4-9,11H,3,10,12H2,1-2H3,(H,17,18). The number of nitrogens with one attached hydrogen (secondary N) is 1. The molecule has 1 aromatic heterocycles. The van der Waals surface area contributed by atoms with Crippen molar-refractivity contribution in [3.63, 3.8) is 0 Å². The molecule has 1 heterocycles. The Kier molecular flexibility index (Phi) is 5.28. The predicted molar refractivity (Wildman–Crippen MR) is 83.8 cm³/mol. The molecule has 2 rings (SSSR count). The Morgan fingerprint density at radius 3 is 2.79 bits per heavy atom. The molecule has 1 N–H and O–H groups in total. The fourth-order valence-corrected chi connectivity index (χ4v) is 2.85. The Balaban J connectivity index is 2.05. The van der Waals surface area contributed by atoms with Crippen LogP contribution >= 0.6 is 11.8 Å². The van der Waals surface area contributed by atoms with Crippen LogP contribution in [0.15, 0.2) is 47.5 Å². The van der Waals surface area contributed by atoms with Crippen LogP contribution in [0.25, 0.3) is 0 Å². The second-order valence-electron chi connectivity index (χ2n) is 4.49. The van der Waals surface area contributed by atoms with Crippen LogP contribution < -0.4 is 5.32 Å². The summed E-state index contributed by atoms with van der Waals surface area (Å²) < 4.78 is 0. The first-order chi connectivity index (χ1) is 9.31. The number of hydrogen-bond donors (Lipinski definition) is 1. The van der Waals surface area contributed by atoms with E-state index < -0.39 is 0 Å². The number of pyridine rings is 1. The van der Waals surface area contributed by atoms with Crippen molar-refractivity contribution in [1.82, 2.24) is 4.98 Å². The minimum atomic E-state index is 0.949. The number of thioether (sulfide) groups is 1. The van der Waals surface area contributed by atoms with E-state index in [-0.39, 0.29) is 0 Å². The molecule has 0 aliphatic rings. The summed E-state index contributed by atoms with van der Waals surface area (Å²) >= 11 is 1.87. The summed E-state index contributed by atoms with van der Waals surface area (Å²) in [5, 5.41) is 3.39. The van der Waals surface area contributed by atoms with Crippen molar-refractivity contribution < 1.29 is 0 Å². The van der Waals surface area contributed by atoms with Crippen molar-refractivity contribution in [1.29, 1.82) is 0 Å². The molecular formula is C16H20N2S. The molecular weight excluding hydrogens is 252 g/mol. The van der Waals surface area contributed by atoms with Crippen molar-refractivity contribution in [2.24, 2.45) is 0 Å². The molecule has 2 aromatic rings. The van der Waals surface area contributed by atoms with Gasteiger partial charge in [-0.1, -0.05) is 31.2 Å². The van der Waals surface area contributed by atoms with Crippen LogP contribution in [-0.2, 0) is 5.75 Å². The van der Waals surface area contributed by atoms with E-state index in [2.05, 4.69) is 54.5 Å². The predicted octanol–water partition coefficient (Wildman–Crippen LogP) is 4.50. The molecule has 3 heteroatoms. The first-order valence-corrected chi connectivity index (χ1v) is 7.66. The van der Waals surface area contributed by atoms with Crippen molar-refractivity contribution in [2.75, 3.05) is 11.9 Å². The van der Waals surface area contributed by atoms with E-state index in [1.165, 1.54) is 16.0 Å².